The van der Waals surface area contributed by atoms with Gasteiger partial charge in [0.2, 0.25) is 0 Å². The number of methoxy groups -OCH3 is 1. The zero-order valence-corrected chi connectivity index (χ0v) is 13.7. The number of ether oxygens (including phenoxy) is 1. The zero-order chi connectivity index (χ0) is 14.0. The first kappa shape index (κ1) is 14.6. The van der Waals surface area contributed by atoms with Crippen LogP contribution in [0.15, 0.2) is 36.4 Å². The summed E-state index contributed by atoms with van der Waals surface area (Å²) in [5, 5.41) is 0.629. The third-order valence-corrected chi connectivity index (χ3v) is 4.90. The molecule has 0 aliphatic rings. The summed E-state index contributed by atoms with van der Waals surface area (Å²) in [6.45, 7) is 2.08. The van der Waals surface area contributed by atoms with Crippen LogP contribution in [-0.4, -0.2) is 7.11 Å². The van der Waals surface area contributed by atoms with E-state index in [1.165, 1.54) is 9.13 Å². The van der Waals surface area contributed by atoms with Crippen LogP contribution < -0.4 is 10.5 Å². The average molecular weight is 388 g/mol. The lowest BCUT2D eigenvalue weighted by molar-refractivity contribution is 0.414. The predicted molar refractivity (Wildman–Crippen MR) is 87.9 cm³/mol. The third-order valence-electron chi connectivity index (χ3n) is 3.10. The molecule has 2 aromatic carbocycles. The van der Waals surface area contributed by atoms with E-state index in [0.29, 0.717) is 5.02 Å². The molecule has 100 valence electrons. The molecule has 0 spiro atoms. The molecule has 0 bridgehead atoms. The number of aryl methyl sites for hydroxylation is 1. The zero-order valence-electron chi connectivity index (χ0n) is 10.8. The van der Waals surface area contributed by atoms with E-state index in [1.54, 1.807) is 13.2 Å². The summed E-state index contributed by atoms with van der Waals surface area (Å²) in [6.07, 6.45) is 0. The predicted octanol–water partition coefficient (Wildman–Crippen LogP) is 4.31. The Kier molecular flexibility index (Phi) is 4.71. The minimum absolute atomic E-state index is 0.231. The van der Waals surface area contributed by atoms with Crippen LogP contribution in [0.4, 0.5) is 0 Å². The second-order valence-corrected chi connectivity index (χ2v) is 5.83. The first-order valence-corrected chi connectivity index (χ1v) is 7.34. The molecular weight excluding hydrogens is 373 g/mol. The fraction of sp³-hybridized carbons (Fsp3) is 0.200. The molecule has 4 heteroatoms. The van der Waals surface area contributed by atoms with E-state index in [1.807, 2.05) is 24.3 Å². The molecular formula is C15H15ClINO. The van der Waals surface area contributed by atoms with Crippen molar-refractivity contribution in [1.29, 1.82) is 0 Å². The maximum Gasteiger partial charge on any atom is 0.120 e. The molecule has 0 aliphatic carbocycles. The Hall–Kier alpha value is -0.780. The molecule has 0 aromatic heterocycles. The highest BCUT2D eigenvalue weighted by Gasteiger charge is 2.16. The van der Waals surface area contributed by atoms with Gasteiger partial charge >= 0.3 is 0 Å². The monoisotopic (exact) mass is 387 g/mol. The Morgan fingerprint density at radius 1 is 1.21 bits per heavy atom. The standard InChI is InChI=1S/C15H15ClINO/c1-9-4-3-5-12(14(9)17)15(18)11-7-6-10(19-2)8-13(11)16/h3-8,15H,18H2,1-2H3. The largest absolute Gasteiger partial charge is 0.497 e. The van der Waals surface area contributed by atoms with Gasteiger partial charge in [-0.1, -0.05) is 35.9 Å². The van der Waals surface area contributed by atoms with Crippen LogP contribution in [-0.2, 0) is 0 Å². The molecule has 19 heavy (non-hydrogen) atoms. The third kappa shape index (κ3) is 3.04. The van der Waals surface area contributed by atoms with Crippen LogP contribution in [0.3, 0.4) is 0 Å². The van der Waals surface area contributed by atoms with Gasteiger partial charge in [0.15, 0.2) is 0 Å². The van der Waals surface area contributed by atoms with Crippen LogP contribution in [0, 0.1) is 10.5 Å². The molecule has 1 atom stereocenters. The highest BCUT2D eigenvalue weighted by Crippen LogP contribution is 2.32. The Balaban J connectivity index is 2.44. The van der Waals surface area contributed by atoms with Crippen LogP contribution in [0.5, 0.6) is 5.75 Å². The number of rotatable bonds is 3. The fourth-order valence-electron chi connectivity index (χ4n) is 1.96. The van der Waals surface area contributed by atoms with Crippen molar-refractivity contribution in [1.82, 2.24) is 0 Å². The van der Waals surface area contributed by atoms with Gasteiger partial charge < -0.3 is 10.5 Å². The molecule has 0 radical (unpaired) electrons. The maximum absolute atomic E-state index is 6.35. The lowest BCUT2D eigenvalue weighted by Crippen LogP contribution is -2.14. The summed E-state index contributed by atoms with van der Waals surface area (Å²) >= 11 is 8.61. The average Bonchev–Trinajstić information content (AvgIpc) is 2.41. The number of nitrogens with two attached hydrogens (primary N) is 1. The summed E-state index contributed by atoms with van der Waals surface area (Å²) in [5.41, 5.74) is 9.57. The maximum atomic E-state index is 6.35. The molecule has 2 nitrogen and oxygen atoms in total. The molecule has 0 heterocycles. The summed E-state index contributed by atoms with van der Waals surface area (Å²) < 4.78 is 6.33. The van der Waals surface area contributed by atoms with E-state index in [2.05, 4.69) is 35.6 Å². The van der Waals surface area contributed by atoms with Gasteiger partial charge in [0.25, 0.3) is 0 Å². The van der Waals surface area contributed by atoms with Gasteiger partial charge in [0.05, 0.1) is 13.2 Å². The molecule has 2 rings (SSSR count). The van der Waals surface area contributed by atoms with Crippen LogP contribution in [0.2, 0.25) is 5.02 Å². The van der Waals surface area contributed by atoms with E-state index in [9.17, 15) is 0 Å². The van der Waals surface area contributed by atoms with Gasteiger partial charge in [-0.2, -0.15) is 0 Å². The fourth-order valence-corrected chi connectivity index (χ4v) is 2.95. The highest BCUT2D eigenvalue weighted by atomic mass is 127. The van der Waals surface area contributed by atoms with Crippen molar-refractivity contribution in [2.45, 2.75) is 13.0 Å². The first-order valence-electron chi connectivity index (χ1n) is 5.88. The molecule has 2 N–H and O–H groups in total. The van der Waals surface area contributed by atoms with Crippen molar-refractivity contribution in [3.05, 3.63) is 61.7 Å². The lowest BCUT2D eigenvalue weighted by Gasteiger charge is -2.17. The molecule has 2 aromatic rings. The van der Waals surface area contributed by atoms with Crippen LogP contribution >= 0.6 is 34.2 Å². The van der Waals surface area contributed by atoms with Gasteiger partial charge in [-0.15, -0.1) is 0 Å². The van der Waals surface area contributed by atoms with Gasteiger partial charge in [-0.05, 0) is 58.3 Å². The van der Waals surface area contributed by atoms with Crippen molar-refractivity contribution in [3.63, 3.8) is 0 Å². The van der Waals surface area contributed by atoms with Crippen LogP contribution in [0.1, 0.15) is 22.7 Å². The Morgan fingerprint density at radius 3 is 2.58 bits per heavy atom. The summed E-state index contributed by atoms with van der Waals surface area (Å²) in [6, 6.07) is 11.5. The summed E-state index contributed by atoms with van der Waals surface area (Å²) in [4.78, 5) is 0. The van der Waals surface area contributed by atoms with E-state index >= 15 is 0 Å². The van der Waals surface area contributed by atoms with Crippen molar-refractivity contribution >= 4 is 34.2 Å². The van der Waals surface area contributed by atoms with Gasteiger partial charge in [-0.3, -0.25) is 0 Å². The SMILES string of the molecule is COc1ccc(C(N)c2cccc(C)c2I)c(Cl)c1. The molecule has 1 unspecified atom stereocenters. The highest BCUT2D eigenvalue weighted by molar-refractivity contribution is 14.1. The van der Waals surface area contributed by atoms with Gasteiger partial charge in [-0.25, -0.2) is 0 Å². The van der Waals surface area contributed by atoms with Gasteiger partial charge in [0.1, 0.15) is 5.75 Å². The normalized spacial score (nSPS) is 12.3. The van der Waals surface area contributed by atoms with Crippen LogP contribution in [0.25, 0.3) is 0 Å². The minimum Gasteiger partial charge on any atom is -0.497 e. The molecule has 0 saturated carbocycles. The lowest BCUT2D eigenvalue weighted by atomic mass is 9.98. The minimum atomic E-state index is -0.231. The molecule has 0 aliphatic heterocycles. The number of hydrogen-bond donors (Lipinski definition) is 1. The number of benzene rings is 2. The molecule has 0 fully saturated rings. The number of halogens is 2. The van der Waals surface area contributed by atoms with Crippen molar-refractivity contribution in [2.24, 2.45) is 5.73 Å². The second-order valence-electron chi connectivity index (χ2n) is 4.34. The quantitative estimate of drug-likeness (QED) is 0.797. The molecule has 0 saturated heterocycles. The summed E-state index contributed by atoms with van der Waals surface area (Å²) in [5.74, 6) is 0.736. The Morgan fingerprint density at radius 2 is 1.95 bits per heavy atom. The van der Waals surface area contributed by atoms with Gasteiger partial charge in [0, 0.05) is 8.59 Å². The summed E-state index contributed by atoms with van der Waals surface area (Å²) in [7, 11) is 1.62. The van der Waals surface area contributed by atoms with E-state index in [0.717, 1.165) is 16.9 Å². The van der Waals surface area contributed by atoms with Crippen molar-refractivity contribution in [2.75, 3.05) is 7.11 Å². The van der Waals surface area contributed by atoms with E-state index in [4.69, 9.17) is 22.1 Å². The Labute approximate surface area is 132 Å². The van der Waals surface area contributed by atoms with Crippen molar-refractivity contribution in [3.8, 4) is 5.75 Å². The Bertz CT molecular complexity index is 601. The molecule has 0 amide bonds. The topological polar surface area (TPSA) is 35.2 Å². The second kappa shape index (κ2) is 6.11. The van der Waals surface area contributed by atoms with E-state index in [-0.39, 0.29) is 6.04 Å². The first-order chi connectivity index (χ1) is 9.04. The van der Waals surface area contributed by atoms with E-state index < -0.39 is 0 Å². The van der Waals surface area contributed by atoms with Crippen molar-refractivity contribution < 1.29 is 4.74 Å². The smallest absolute Gasteiger partial charge is 0.120 e. The number of hydrogen-bond acceptors (Lipinski definition) is 2.